The molecule has 0 saturated heterocycles. The maximum atomic E-state index is 10.8. The molecular weight excluding hydrogens is 180 g/mol. The van der Waals surface area contributed by atoms with Gasteiger partial charge in [0.05, 0.1) is 12.8 Å². The van der Waals surface area contributed by atoms with Crippen LogP contribution in [0.25, 0.3) is 6.08 Å². The van der Waals surface area contributed by atoms with Crippen LogP contribution in [0.4, 0.5) is 11.4 Å². The fourth-order valence-electron chi connectivity index (χ4n) is 0.949. The summed E-state index contributed by atoms with van der Waals surface area (Å²) in [7, 11) is 1.33. The molecule has 0 amide bonds. The molecule has 0 saturated carbocycles. The van der Waals surface area contributed by atoms with E-state index in [0.717, 1.165) is 11.3 Å². The molecule has 1 rings (SSSR count). The Kier molecular flexibility index (Phi) is 3.25. The predicted octanol–water partition coefficient (Wildman–Crippen LogP) is 0.328. The minimum atomic E-state index is -0.387. The normalized spacial score (nSPS) is 10.4. The first-order valence-corrected chi connectivity index (χ1v) is 4.11. The summed E-state index contributed by atoms with van der Waals surface area (Å²) in [5, 5.41) is 0. The van der Waals surface area contributed by atoms with E-state index in [-0.39, 0.29) is 5.97 Å². The second-order valence-corrected chi connectivity index (χ2v) is 2.81. The third kappa shape index (κ3) is 2.60. The van der Waals surface area contributed by atoms with Crippen molar-refractivity contribution in [2.45, 2.75) is 0 Å². The lowest BCUT2D eigenvalue weighted by atomic mass is 10.1. The first-order chi connectivity index (χ1) is 6.63. The lowest BCUT2D eigenvalue weighted by molar-refractivity contribution is -0.253. The summed E-state index contributed by atoms with van der Waals surface area (Å²) in [5.41, 5.74) is 11.6. The van der Waals surface area contributed by atoms with Crippen molar-refractivity contribution < 1.29 is 15.3 Å². The van der Waals surface area contributed by atoms with Gasteiger partial charge in [-0.3, -0.25) is 0 Å². The van der Waals surface area contributed by atoms with Gasteiger partial charge in [0.25, 0.3) is 0 Å². The van der Waals surface area contributed by atoms with Gasteiger partial charge in [-0.1, -0.05) is 0 Å². The van der Waals surface area contributed by atoms with Gasteiger partial charge in [0, 0.05) is 12.1 Å². The van der Waals surface area contributed by atoms with E-state index in [1.807, 2.05) is 6.07 Å². The van der Waals surface area contributed by atoms with Gasteiger partial charge in [0.15, 0.2) is 5.69 Å². The number of carbonyl (C=O) groups is 1. The van der Waals surface area contributed by atoms with Crippen LogP contribution in [-0.4, -0.2) is 13.1 Å². The fourth-order valence-corrected chi connectivity index (χ4v) is 0.949. The molecule has 1 aromatic rings. The summed E-state index contributed by atoms with van der Waals surface area (Å²) in [5.74, 6) is -0.387. The highest BCUT2D eigenvalue weighted by Gasteiger charge is 1.98. The van der Waals surface area contributed by atoms with Crippen molar-refractivity contribution in [3.05, 3.63) is 29.8 Å². The molecule has 0 aromatic heterocycles. The van der Waals surface area contributed by atoms with E-state index < -0.39 is 0 Å². The second-order valence-electron chi connectivity index (χ2n) is 2.81. The van der Waals surface area contributed by atoms with Crippen LogP contribution >= 0.6 is 0 Å². The van der Waals surface area contributed by atoms with E-state index in [0.29, 0.717) is 5.69 Å². The van der Waals surface area contributed by atoms with Gasteiger partial charge in [-0.05, 0) is 23.8 Å². The summed E-state index contributed by atoms with van der Waals surface area (Å²) in [4.78, 5) is 10.8. The summed E-state index contributed by atoms with van der Waals surface area (Å²) in [6.45, 7) is 0. The number of nitrogen functional groups attached to an aromatic ring is 1. The van der Waals surface area contributed by atoms with Crippen LogP contribution in [-0.2, 0) is 9.53 Å². The molecule has 0 aliphatic rings. The van der Waals surface area contributed by atoms with Crippen LogP contribution in [0.15, 0.2) is 24.3 Å². The van der Waals surface area contributed by atoms with Crippen LogP contribution in [0.1, 0.15) is 5.56 Å². The molecule has 0 fully saturated rings. The molecule has 4 nitrogen and oxygen atoms in total. The van der Waals surface area contributed by atoms with Crippen molar-refractivity contribution in [2.75, 3.05) is 12.8 Å². The highest BCUT2D eigenvalue weighted by atomic mass is 16.5. The van der Waals surface area contributed by atoms with Gasteiger partial charge in [-0.15, -0.1) is 0 Å². The Hall–Kier alpha value is -1.81. The van der Waals surface area contributed by atoms with Gasteiger partial charge in [0.2, 0.25) is 0 Å². The molecule has 5 N–H and O–H groups in total. The maximum absolute atomic E-state index is 10.8. The number of methoxy groups -OCH3 is 1. The topological polar surface area (TPSA) is 80.0 Å². The average molecular weight is 193 g/mol. The number of rotatable bonds is 2. The highest BCUT2D eigenvalue weighted by molar-refractivity contribution is 5.87. The zero-order chi connectivity index (χ0) is 10.6. The van der Waals surface area contributed by atoms with Crippen LogP contribution in [0.5, 0.6) is 0 Å². The predicted molar refractivity (Wildman–Crippen MR) is 54.5 cm³/mol. The number of ether oxygens (including phenoxy) is 1. The summed E-state index contributed by atoms with van der Waals surface area (Å²) in [6.07, 6.45) is 2.99. The van der Waals surface area contributed by atoms with Gasteiger partial charge < -0.3 is 16.2 Å². The molecule has 14 heavy (non-hydrogen) atoms. The molecule has 4 heteroatoms. The number of esters is 1. The first-order valence-electron chi connectivity index (χ1n) is 4.11. The Bertz CT molecular complexity index is 372. The van der Waals surface area contributed by atoms with E-state index in [9.17, 15) is 4.79 Å². The van der Waals surface area contributed by atoms with E-state index in [1.54, 1.807) is 18.2 Å². The Morgan fingerprint density at radius 1 is 1.57 bits per heavy atom. The Morgan fingerprint density at radius 2 is 2.29 bits per heavy atom. The minimum Gasteiger partial charge on any atom is -0.466 e. The largest absolute Gasteiger partial charge is 0.466 e. The van der Waals surface area contributed by atoms with Crippen LogP contribution in [0, 0.1) is 0 Å². The number of hydrogen-bond donors (Lipinski definition) is 2. The molecule has 0 atom stereocenters. The number of anilines is 1. The average Bonchev–Trinajstić information content (AvgIpc) is 2.19. The molecule has 0 heterocycles. The standard InChI is InChI=1S/C10H12N2O2/c1-14-10(13)5-3-7-2-4-8(11)9(12)6-7/h2-6H,11-12H2,1H3/p+1/b5-3+. The third-order valence-electron chi connectivity index (χ3n) is 1.78. The summed E-state index contributed by atoms with van der Waals surface area (Å²) < 4.78 is 4.46. The quantitative estimate of drug-likeness (QED) is 0.403. The Labute approximate surface area is 82.2 Å². The van der Waals surface area contributed by atoms with Crippen molar-refractivity contribution in [3.63, 3.8) is 0 Å². The van der Waals surface area contributed by atoms with Gasteiger partial charge >= 0.3 is 5.97 Å². The Balaban J connectivity index is 2.83. The van der Waals surface area contributed by atoms with E-state index in [1.165, 1.54) is 13.2 Å². The zero-order valence-corrected chi connectivity index (χ0v) is 7.99. The third-order valence-corrected chi connectivity index (χ3v) is 1.78. The SMILES string of the molecule is COC(=O)/C=C/c1ccc([NH3+])c(N)c1. The monoisotopic (exact) mass is 193 g/mol. The molecule has 0 spiro atoms. The number of quaternary nitrogens is 1. The van der Waals surface area contributed by atoms with E-state index >= 15 is 0 Å². The second kappa shape index (κ2) is 4.43. The number of benzene rings is 1. The van der Waals surface area contributed by atoms with Crippen molar-refractivity contribution in [1.82, 2.24) is 0 Å². The Morgan fingerprint density at radius 3 is 2.86 bits per heavy atom. The van der Waals surface area contributed by atoms with Gasteiger partial charge in [-0.2, -0.15) is 0 Å². The van der Waals surface area contributed by atoms with E-state index in [4.69, 9.17) is 5.73 Å². The van der Waals surface area contributed by atoms with Crippen LogP contribution in [0.2, 0.25) is 0 Å². The number of carbonyl (C=O) groups excluding carboxylic acids is 1. The highest BCUT2D eigenvalue weighted by Crippen LogP contribution is 2.15. The zero-order valence-electron chi connectivity index (χ0n) is 7.99. The number of hydrogen-bond acceptors (Lipinski definition) is 3. The first kappa shape index (κ1) is 10.3. The molecule has 74 valence electrons. The van der Waals surface area contributed by atoms with Crippen molar-refractivity contribution in [1.29, 1.82) is 0 Å². The van der Waals surface area contributed by atoms with Crippen molar-refractivity contribution >= 4 is 23.4 Å². The lowest BCUT2D eigenvalue weighted by Gasteiger charge is -1.97. The van der Waals surface area contributed by atoms with Crippen molar-refractivity contribution in [3.8, 4) is 0 Å². The van der Waals surface area contributed by atoms with Gasteiger partial charge in [-0.25, -0.2) is 4.79 Å². The molecule has 0 aliphatic carbocycles. The van der Waals surface area contributed by atoms with Crippen LogP contribution < -0.4 is 11.5 Å². The molecule has 0 unspecified atom stereocenters. The fraction of sp³-hybridized carbons (Fsp3) is 0.100. The smallest absolute Gasteiger partial charge is 0.330 e. The van der Waals surface area contributed by atoms with E-state index in [2.05, 4.69) is 10.5 Å². The minimum absolute atomic E-state index is 0.387. The van der Waals surface area contributed by atoms with Crippen molar-refractivity contribution in [2.24, 2.45) is 0 Å². The summed E-state index contributed by atoms with van der Waals surface area (Å²) >= 11 is 0. The lowest BCUT2D eigenvalue weighted by Crippen LogP contribution is -2.40. The molecular formula is C10H13N2O2+. The summed E-state index contributed by atoms with van der Waals surface area (Å²) in [6, 6.07) is 5.38. The molecule has 0 radical (unpaired) electrons. The van der Waals surface area contributed by atoms with Gasteiger partial charge in [0.1, 0.15) is 0 Å². The van der Waals surface area contributed by atoms with Crippen LogP contribution in [0.3, 0.4) is 0 Å². The maximum Gasteiger partial charge on any atom is 0.330 e. The number of nitrogens with two attached hydrogens (primary N) is 1. The molecule has 0 aliphatic heterocycles. The molecule has 1 aromatic carbocycles. The molecule has 0 bridgehead atoms.